The highest BCUT2D eigenvalue weighted by Gasteiger charge is 2.46. The van der Waals surface area contributed by atoms with E-state index >= 15 is 0 Å². The van der Waals surface area contributed by atoms with E-state index in [1.54, 1.807) is 0 Å². The Hall–Kier alpha value is -2.13. The molecule has 3 N–H and O–H groups in total. The van der Waals surface area contributed by atoms with E-state index in [2.05, 4.69) is 16.0 Å². The molecule has 0 saturated carbocycles. The normalized spacial score (nSPS) is 27.2. The topological polar surface area (TPSA) is 73.5 Å². The second-order valence-electron chi connectivity index (χ2n) is 9.24. The van der Waals surface area contributed by atoms with Crippen molar-refractivity contribution in [3.05, 3.63) is 29.6 Å². The van der Waals surface area contributed by atoms with Crippen molar-refractivity contribution in [3.8, 4) is 0 Å². The predicted molar refractivity (Wildman–Crippen MR) is 115 cm³/mol. The van der Waals surface area contributed by atoms with E-state index in [-0.39, 0.29) is 30.9 Å². The second-order valence-corrected chi connectivity index (χ2v) is 9.24. The van der Waals surface area contributed by atoms with E-state index in [0.717, 1.165) is 32.4 Å². The summed E-state index contributed by atoms with van der Waals surface area (Å²) in [5, 5.41) is 8.44. The third kappa shape index (κ3) is 5.43. The van der Waals surface area contributed by atoms with Crippen molar-refractivity contribution in [2.24, 2.45) is 5.92 Å². The highest BCUT2D eigenvalue weighted by atomic mass is 19.3. The molecule has 3 heterocycles. The van der Waals surface area contributed by atoms with Crippen LogP contribution in [-0.4, -0.2) is 61.4 Å². The number of hydrogen-bond acceptors (Lipinski definition) is 5. The maximum atomic E-state index is 15.0. The number of nitrogens with zero attached hydrogens (tertiary/aromatic N) is 1. The van der Waals surface area contributed by atoms with Gasteiger partial charge in [0.15, 0.2) is 0 Å². The first-order chi connectivity index (χ1) is 15.3. The Morgan fingerprint density at radius 1 is 1.12 bits per heavy atom. The van der Waals surface area contributed by atoms with Gasteiger partial charge in [-0.3, -0.25) is 19.8 Å². The summed E-state index contributed by atoms with van der Waals surface area (Å²) in [5.74, 6) is -5.08. The number of carbonyl (C=O) groups is 2. The summed E-state index contributed by atoms with van der Waals surface area (Å²) >= 11 is 0. The maximum absolute atomic E-state index is 15.0. The Morgan fingerprint density at radius 2 is 1.91 bits per heavy atom. The van der Waals surface area contributed by atoms with Gasteiger partial charge in [-0.25, -0.2) is 13.2 Å². The second kappa shape index (κ2) is 9.79. The summed E-state index contributed by atoms with van der Waals surface area (Å²) < 4.78 is 44.8. The monoisotopic (exact) mass is 452 g/mol. The number of imide groups is 1. The third-order valence-electron chi connectivity index (χ3n) is 6.95. The van der Waals surface area contributed by atoms with Gasteiger partial charge in [0.2, 0.25) is 11.8 Å². The molecule has 1 aromatic rings. The summed E-state index contributed by atoms with van der Waals surface area (Å²) in [7, 11) is 0. The van der Waals surface area contributed by atoms with Gasteiger partial charge in [-0.15, -0.1) is 0 Å². The summed E-state index contributed by atoms with van der Waals surface area (Å²) in [6.45, 7) is 2.83. The molecule has 0 aliphatic carbocycles. The van der Waals surface area contributed by atoms with Crippen molar-refractivity contribution in [2.75, 3.05) is 38.0 Å². The van der Waals surface area contributed by atoms with Gasteiger partial charge in [0.1, 0.15) is 11.9 Å². The molecular weight excluding hydrogens is 421 g/mol. The molecule has 3 aliphatic heterocycles. The van der Waals surface area contributed by atoms with E-state index in [1.165, 1.54) is 18.2 Å². The molecule has 0 radical (unpaired) electrons. The van der Waals surface area contributed by atoms with Crippen LogP contribution in [0.4, 0.5) is 18.9 Å². The zero-order valence-corrected chi connectivity index (χ0v) is 18.1. The van der Waals surface area contributed by atoms with Crippen LogP contribution in [0.2, 0.25) is 0 Å². The summed E-state index contributed by atoms with van der Waals surface area (Å²) in [6, 6.07) is 3.44. The Kier molecular flexibility index (Phi) is 7.05. The van der Waals surface area contributed by atoms with Crippen LogP contribution in [0.25, 0.3) is 0 Å². The molecule has 176 valence electrons. The largest absolute Gasteiger partial charge is 0.374 e. The number of hydrogen-bond donors (Lipinski definition) is 3. The van der Waals surface area contributed by atoms with Gasteiger partial charge in [-0.1, -0.05) is 6.07 Å². The van der Waals surface area contributed by atoms with Crippen LogP contribution < -0.4 is 16.0 Å². The fraction of sp³-hybridized carbons (Fsp3) is 0.652. The molecule has 4 rings (SSSR count). The lowest BCUT2D eigenvalue weighted by molar-refractivity contribution is -0.133. The summed E-state index contributed by atoms with van der Waals surface area (Å²) in [5.41, 5.74) is 0.352. The first kappa shape index (κ1) is 23.0. The highest BCUT2D eigenvalue weighted by Crippen LogP contribution is 2.42. The van der Waals surface area contributed by atoms with Crippen molar-refractivity contribution in [1.82, 2.24) is 15.5 Å². The van der Waals surface area contributed by atoms with Crippen molar-refractivity contribution in [1.29, 1.82) is 0 Å². The number of likely N-dealkylation sites (tertiary alicyclic amines) is 1. The standard InChI is InChI=1S/C23H31F3N4O2/c24-19-13-16(28-20-3-4-21(31)29-22(20)32)1-2-17(19)18-8-12-30(14-23(18,25)26)11-7-15-5-9-27-10-6-15/h1-2,13,15,18,20,27-28H,3-12,14H2,(H,29,31,32). The van der Waals surface area contributed by atoms with Crippen molar-refractivity contribution in [2.45, 2.75) is 56.4 Å². The lowest BCUT2D eigenvalue weighted by Gasteiger charge is -2.39. The minimum absolute atomic E-state index is 0.0156. The molecule has 3 saturated heterocycles. The molecule has 32 heavy (non-hydrogen) atoms. The van der Waals surface area contributed by atoms with Crippen LogP contribution in [0.1, 0.15) is 50.0 Å². The average molecular weight is 453 g/mol. The SMILES string of the molecule is O=C1CCC(Nc2ccc(C3CCN(CCC4CCNCC4)CC3(F)F)c(F)c2)C(=O)N1. The lowest BCUT2D eigenvalue weighted by atomic mass is 9.85. The number of piperidine rings is 3. The maximum Gasteiger partial charge on any atom is 0.267 e. The van der Waals surface area contributed by atoms with Gasteiger partial charge >= 0.3 is 0 Å². The molecule has 1 aromatic carbocycles. The fourth-order valence-electron chi connectivity index (χ4n) is 5.05. The highest BCUT2D eigenvalue weighted by molar-refractivity contribution is 6.01. The van der Waals surface area contributed by atoms with Crippen molar-refractivity contribution >= 4 is 17.5 Å². The molecule has 3 fully saturated rings. The zero-order chi connectivity index (χ0) is 22.7. The Morgan fingerprint density at radius 3 is 2.59 bits per heavy atom. The fourth-order valence-corrected chi connectivity index (χ4v) is 5.05. The van der Waals surface area contributed by atoms with Gasteiger partial charge in [0, 0.05) is 12.1 Å². The minimum Gasteiger partial charge on any atom is -0.374 e. The molecule has 0 bridgehead atoms. The van der Waals surface area contributed by atoms with Crippen LogP contribution in [0.15, 0.2) is 18.2 Å². The number of alkyl halides is 2. The van der Waals surface area contributed by atoms with Gasteiger partial charge < -0.3 is 10.6 Å². The zero-order valence-electron chi connectivity index (χ0n) is 18.1. The molecule has 2 unspecified atom stereocenters. The number of benzene rings is 1. The number of rotatable bonds is 6. The summed E-state index contributed by atoms with van der Waals surface area (Å²) in [4.78, 5) is 25.0. The van der Waals surface area contributed by atoms with Crippen molar-refractivity contribution in [3.63, 3.8) is 0 Å². The molecule has 2 atom stereocenters. The number of halogens is 3. The van der Waals surface area contributed by atoms with E-state index in [0.29, 0.717) is 31.1 Å². The Bertz CT molecular complexity index is 845. The Balaban J connectivity index is 1.35. The molecular formula is C23H31F3N4O2. The van der Waals surface area contributed by atoms with Crippen LogP contribution in [0.3, 0.4) is 0 Å². The number of nitrogens with one attached hydrogen (secondary N) is 3. The molecule has 2 amide bonds. The van der Waals surface area contributed by atoms with E-state index in [4.69, 9.17) is 0 Å². The van der Waals surface area contributed by atoms with Gasteiger partial charge in [-0.05, 0) is 81.9 Å². The number of carbonyl (C=O) groups excluding carboxylic acids is 2. The predicted octanol–water partition coefficient (Wildman–Crippen LogP) is 2.86. The molecule has 6 nitrogen and oxygen atoms in total. The minimum atomic E-state index is -3.01. The van der Waals surface area contributed by atoms with Gasteiger partial charge in [-0.2, -0.15) is 0 Å². The first-order valence-electron chi connectivity index (χ1n) is 11.5. The number of anilines is 1. The van der Waals surface area contributed by atoms with Crippen LogP contribution in [0, 0.1) is 11.7 Å². The molecule has 0 aromatic heterocycles. The van der Waals surface area contributed by atoms with Crippen LogP contribution >= 0.6 is 0 Å². The quantitative estimate of drug-likeness (QED) is 0.579. The van der Waals surface area contributed by atoms with E-state index < -0.39 is 29.6 Å². The number of amides is 2. The van der Waals surface area contributed by atoms with Crippen LogP contribution in [0.5, 0.6) is 0 Å². The summed E-state index contributed by atoms with van der Waals surface area (Å²) in [6.07, 6.45) is 3.83. The van der Waals surface area contributed by atoms with Crippen molar-refractivity contribution < 1.29 is 22.8 Å². The lowest BCUT2D eigenvalue weighted by Crippen LogP contribution is -2.48. The molecule has 0 spiro atoms. The smallest absolute Gasteiger partial charge is 0.267 e. The molecule has 3 aliphatic rings. The first-order valence-corrected chi connectivity index (χ1v) is 11.5. The van der Waals surface area contributed by atoms with Gasteiger partial charge in [0.05, 0.1) is 12.5 Å². The average Bonchev–Trinajstić information content (AvgIpc) is 2.75. The molecule has 9 heteroatoms. The van der Waals surface area contributed by atoms with E-state index in [9.17, 15) is 22.8 Å². The van der Waals surface area contributed by atoms with E-state index in [1.807, 2.05) is 4.90 Å². The van der Waals surface area contributed by atoms with Gasteiger partial charge in [0.25, 0.3) is 5.92 Å². The third-order valence-corrected chi connectivity index (χ3v) is 6.95. The van der Waals surface area contributed by atoms with Crippen LogP contribution in [-0.2, 0) is 9.59 Å². The Labute approximate surface area is 186 Å².